The maximum atomic E-state index is 8.61. The lowest BCUT2D eigenvalue weighted by Gasteiger charge is -2.09. The average Bonchev–Trinajstić information content (AvgIpc) is 2.35. The molecule has 0 amide bonds. The first kappa shape index (κ1) is 14.2. The summed E-state index contributed by atoms with van der Waals surface area (Å²) in [6.07, 6.45) is 3.22. The maximum absolute atomic E-state index is 8.61. The number of alkyl halides is 2. The molecule has 0 atom stereocenters. The molecule has 1 aromatic rings. The summed E-state index contributed by atoms with van der Waals surface area (Å²) in [5, 5.41) is 8.61. The molecule has 0 N–H and O–H groups in total. The topological polar surface area (TPSA) is 33.0 Å². The summed E-state index contributed by atoms with van der Waals surface area (Å²) >= 11 is 11.4. The van der Waals surface area contributed by atoms with Crippen molar-refractivity contribution >= 4 is 23.2 Å². The number of halogens is 2. The van der Waals surface area contributed by atoms with Crippen LogP contribution in [-0.2, 0) is 0 Å². The fourth-order valence-electron chi connectivity index (χ4n) is 1.39. The second kappa shape index (κ2) is 7.42. The Morgan fingerprint density at radius 3 is 2.47 bits per heavy atom. The second-order valence-corrected chi connectivity index (χ2v) is 5.27. The molecule has 0 radical (unpaired) electrons. The van der Waals surface area contributed by atoms with Gasteiger partial charge in [-0.15, -0.1) is 0 Å². The number of ether oxygens (including phenoxy) is 1. The first-order valence-corrected chi connectivity index (χ1v) is 6.36. The van der Waals surface area contributed by atoms with Gasteiger partial charge in [0.2, 0.25) is 4.33 Å². The summed E-state index contributed by atoms with van der Waals surface area (Å²) in [4.78, 5) is 0. The summed E-state index contributed by atoms with van der Waals surface area (Å²) in [6, 6.07) is 11.6. The Balaban J connectivity index is 2.04. The zero-order valence-electron chi connectivity index (χ0n) is 9.53. The number of nitriles is 1. The van der Waals surface area contributed by atoms with Gasteiger partial charge in [-0.05, 0) is 37.8 Å². The Hall–Kier alpha value is -0.910. The van der Waals surface area contributed by atoms with Gasteiger partial charge in [-0.1, -0.05) is 41.4 Å². The Bertz CT molecular complexity index is 359. The first-order valence-electron chi connectivity index (χ1n) is 5.61. The molecule has 1 rings (SSSR count). The molecule has 0 bridgehead atoms. The summed E-state index contributed by atoms with van der Waals surface area (Å²) in [5.41, 5.74) is 0. The van der Waals surface area contributed by atoms with Crippen LogP contribution in [0.3, 0.4) is 0 Å². The molecule has 0 aliphatic carbocycles. The highest BCUT2D eigenvalue weighted by Gasteiger charge is 2.21. The second-order valence-electron chi connectivity index (χ2n) is 3.79. The molecule has 0 saturated carbocycles. The van der Waals surface area contributed by atoms with E-state index in [1.807, 2.05) is 36.4 Å². The maximum Gasteiger partial charge on any atom is 0.203 e. The monoisotopic (exact) mass is 271 g/mol. The van der Waals surface area contributed by atoms with Crippen LogP contribution in [0.15, 0.2) is 30.3 Å². The van der Waals surface area contributed by atoms with Gasteiger partial charge in [0.1, 0.15) is 11.8 Å². The van der Waals surface area contributed by atoms with Crippen LogP contribution in [0.25, 0.3) is 0 Å². The van der Waals surface area contributed by atoms with Crippen molar-refractivity contribution in [2.24, 2.45) is 0 Å². The third-order valence-electron chi connectivity index (χ3n) is 2.31. The SMILES string of the molecule is N#CC(Cl)(Cl)CCCCCOc1ccccc1. The van der Waals surface area contributed by atoms with E-state index in [4.69, 9.17) is 33.2 Å². The molecule has 0 spiro atoms. The highest BCUT2D eigenvalue weighted by molar-refractivity contribution is 6.50. The number of para-hydroxylation sites is 1. The van der Waals surface area contributed by atoms with Gasteiger partial charge in [-0.25, -0.2) is 0 Å². The van der Waals surface area contributed by atoms with E-state index < -0.39 is 4.33 Å². The minimum Gasteiger partial charge on any atom is -0.494 e. The van der Waals surface area contributed by atoms with Crippen molar-refractivity contribution in [1.82, 2.24) is 0 Å². The van der Waals surface area contributed by atoms with Crippen molar-refractivity contribution < 1.29 is 4.74 Å². The lowest BCUT2D eigenvalue weighted by Crippen LogP contribution is -2.08. The fourth-order valence-corrected chi connectivity index (χ4v) is 1.66. The summed E-state index contributed by atoms with van der Waals surface area (Å²) in [7, 11) is 0. The van der Waals surface area contributed by atoms with Gasteiger partial charge in [0.05, 0.1) is 6.61 Å². The van der Waals surface area contributed by atoms with Gasteiger partial charge in [0, 0.05) is 0 Å². The minimum absolute atomic E-state index is 0.498. The minimum atomic E-state index is -1.24. The predicted molar refractivity (Wildman–Crippen MR) is 70.5 cm³/mol. The van der Waals surface area contributed by atoms with Gasteiger partial charge in [-0.3, -0.25) is 0 Å². The molecule has 0 heterocycles. The van der Waals surface area contributed by atoms with Crippen LogP contribution in [-0.4, -0.2) is 10.9 Å². The van der Waals surface area contributed by atoms with E-state index in [0.29, 0.717) is 13.0 Å². The van der Waals surface area contributed by atoms with E-state index in [2.05, 4.69) is 0 Å². The average molecular weight is 272 g/mol. The van der Waals surface area contributed by atoms with Gasteiger partial charge < -0.3 is 4.74 Å². The molecule has 1 aromatic carbocycles. The van der Waals surface area contributed by atoms with E-state index in [1.165, 1.54) is 0 Å². The molecular weight excluding hydrogens is 257 g/mol. The molecule has 0 aliphatic heterocycles. The largest absolute Gasteiger partial charge is 0.494 e. The summed E-state index contributed by atoms with van der Waals surface area (Å²) in [6.45, 7) is 0.675. The molecule has 92 valence electrons. The van der Waals surface area contributed by atoms with Crippen molar-refractivity contribution in [2.75, 3.05) is 6.61 Å². The fraction of sp³-hybridized carbons (Fsp3) is 0.462. The number of benzene rings is 1. The van der Waals surface area contributed by atoms with Crippen LogP contribution in [0, 0.1) is 11.3 Å². The molecule has 2 nitrogen and oxygen atoms in total. The third-order valence-corrected chi connectivity index (χ3v) is 2.86. The first-order chi connectivity index (χ1) is 8.14. The quantitative estimate of drug-likeness (QED) is 0.547. The normalized spacial score (nSPS) is 10.9. The van der Waals surface area contributed by atoms with E-state index in [1.54, 1.807) is 0 Å². The van der Waals surface area contributed by atoms with Gasteiger partial charge in [0.15, 0.2) is 0 Å². The van der Waals surface area contributed by atoms with Crippen molar-refractivity contribution in [2.45, 2.75) is 30.0 Å². The van der Waals surface area contributed by atoms with E-state index in [0.717, 1.165) is 25.0 Å². The molecule has 0 saturated heterocycles. The number of hydrogen-bond acceptors (Lipinski definition) is 2. The summed E-state index contributed by atoms with van der Waals surface area (Å²) in [5.74, 6) is 0.883. The van der Waals surface area contributed by atoms with Crippen LogP contribution < -0.4 is 4.74 Å². The van der Waals surface area contributed by atoms with Crippen LogP contribution in [0.4, 0.5) is 0 Å². The van der Waals surface area contributed by atoms with Crippen LogP contribution in [0.1, 0.15) is 25.7 Å². The molecule has 0 aromatic heterocycles. The Morgan fingerprint density at radius 1 is 1.12 bits per heavy atom. The highest BCUT2D eigenvalue weighted by atomic mass is 35.5. The van der Waals surface area contributed by atoms with E-state index in [9.17, 15) is 0 Å². The number of nitrogens with zero attached hydrogens (tertiary/aromatic N) is 1. The van der Waals surface area contributed by atoms with Crippen molar-refractivity contribution in [1.29, 1.82) is 5.26 Å². The molecule has 4 heteroatoms. The zero-order chi connectivity index (χ0) is 12.6. The van der Waals surface area contributed by atoms with Gasteiger partial charge in [0.25, 0.3) is 0 Å². The Kier molecular flexibility index (Phi) is 6.18. The Labute approximate surface area is 112 Å². The lowest BCUT2D eigenvalue weighted by molar-refractivity contribution is 0.304. The van der Waals surface area contributed by atoms with E-state index in [-0.39, 0.29) is 0 Å². The molecule has 0 fully saturated rings. The molecular formula is C13H15Cl2NO. The number of rotatable bonds is 7. The van der Waals surface area contributed by atoms with Crippen LogP contribution >= 0.6 is 23.2 Å². The van der Waals surface area contributed by atoms with Crippen LogP contribution in [0.5, 0.6) is 5.75 Å². The van der Waals surface area contributed by atoms with Gasteiger partial charge >= 0.3 is 0 Å². The van der Waals surface area contributed by atoms with E-state index >= 15 is 0 Å². The zero-order valence-corrected chi connectivity index (χ0v) is 11.0. The lowest BCUT2D eigenvalue weighted by atomic mass is 10.1. The molecule has 17 heavy (non-hydrogen) atoms. The third kappa shape index (κ3) is 6.41. The van der Waals surface area contributed by atoms with Crippen molar-refractivity contribution in [3.63, 3.8) is 0 Å². The Morgan fingerprint density at radius 2 is 1.82 bits per heavy atom. The predicted octanol–water partition coefficient (Wildman–Crippen LogP) is 4.32. The molecule has 0 unspecified atom stereocenters. The smallest absolute Gasteiger partial charge is 0.203 e. The molecule has 0 aliphatic rings. The van der Waals surface area contributed by atoms with Gasteiger partial charge in [-0.2, -0.15) is 5.26 Å². The van der Waals surface area contributed by atoms with Crippen molar-refractivity contribution in [3.8, 4) is 11.8 Å². The summed E-state index contributed by atoms with van der Waals surface area (Å²) < 4.78 is 4.30. The van der Waals surface area contributed by atoms with Crippen molar-refractivity contribution in [3.05, 3.63) is 30.3 Å². The van der Waals surface area contributed by atoms with Crippen LogP contribution in [0.2, 0.25) is 0 Å². The standard InChI is InChI=1S/C13H15Cl2NO/c14-13(15,11-16)9-5-2-6-10-17-12-7-3-1-4-8-12/h1,3-4,7-8H,2,5-6,9-10H2. The number of unbranched alkanes of at least 4 members (excludes halogenated alkanes) is 2. The number of hydrogen-bond donors (Lipinski definition) is 0. The highest BCUT2D eigenvalue weighted by Crippen LogP contribution is 2.26.